The molecule has 2 N–H and O–H groups in total. The van der Waals surface area contributed by atoms with Gasteiger partial charge in [-0.25, -0.2) is 13.1 Å². The molecule has 0 aliphatic heterocycles. The normalized spacial score (nSPS) is 15.3. The first kappa shape index (κ1) is 21.6. The van der Waals surface area contributed by atoms with Crippen molar-refractivity contribution in [1.29, 1.82) is 0 Å². The average Bonchev–Trinajstić information content (AvgIpc) is 2.33. The number of ether oxygens (including phenoxy) is 1. The number of nitrogens with one attached hydrogen (secondary N) is 1. The molecule has 0 radical (unpaired) electrons. The molecule has 0 amide bonds. The van der Waals surface area contributed by atoms with Crippen LogP contribution in [0.2, 0.25) is 0 Å². The summed E-state index contributed by atoms with van der Waals surface area (Å²) in [6, 6.07) is -1.72. The highest BCUT2D eigenvalue weighted by Gasteiger charge is 2.51. The third-order valence-electron chi connectivity index (χ3n) is 2.71. The fraction of sp³-hybridized carbons (Fsp3) is 0.833. The first-order chi connectivity index (χ1) is 10.3. The molecule has 11 heteroatoms. The summed E-state index contributed by atoms with van der Waals surface area (Å²) in [5.41, 5.74) is 0. The minimum atomic E-state index is -5.25. The van der Waals surface area contributed by atoms with Gasteiger partial charge in [-0.05, 0) is 19.3 Å². The Bertz CT molecular complexity index is 517. The molecule has 0 aromatic heterocycles. The molecule has 0 rings (SSSR count). The fourth-order valence-electron chi connectivity index (χ4n) is 1.72. The molecule has 0 aromatic rings. The number of aliphatic carboxylic acids is 1. The zero-order chi connectivity index (χ0) is 18.4. The van der Waals surface area contributed by atoms with Crippen molar-refractivity contribution in [2.75, 3.05) is 6.61 Å². The molecule has 0 aliphatic rings. The Hall–Kier alpha value is -1.36. The van der Waals surface area contributed by atoms with Crippen LogP contribution in [0, 0.1) is 5.92 Å². The van der Waals surface area contributed by atoms with Gasteiger partial charge >= 0.3 is 18.1 Å². The van der Waals surface area contributed by atoms with Gasteiger partial charge in [0.15, 0.2) is 5.25 Å². The van der Waals surface area contributed by atoms with Crippen LogP contribution in [0.15, 0.2) is 0 Å². The van der Waals surface area contributed by atoms with Gasteiger partial charge in [-0.2, -0.15) is 13.2 Å². The minimum absolute atomic E-state index is 0.196. The molecule has 1 unspecified atom stereocenters. The molecule has 0 saturated carbocycles. The SMILES string of the molecule is CCOC(=O)CC(C(F)(F)F)S(=O)(=O)N[C@@H](CC(C)C)C(=O)O. The van der Waals surface area contributed by atoms with Gasteiger partial charge in [0.1, 0.15) is 6.04 Å². The van der Waals surface area contributed by atoms with Crippen molar-refractivity contribution >= 4 is 22.0 Å². The Kier molecular flexibility index (Phi) is 7.98. The Balaban J connectivity index is 5.41. The smallest absolute Gasteiger partial charge is 0.407 e. The summed E-state index contributed by atoms with van der Waals surface area (Å²) in [5.74, 6) is -3.21. The van der Waals surface area contributed by atoms with E-state index in [0.29, 0.717) is 0 Å². The van der Waals surface area contributed by atoms with Crippen molar-refractivity contribution < 1.29 is 41.0 Å². The summed E-state index contributed by atoms with van der Waals surface area (Å²) < 4.78 is 68.5. The molecule has 0 aliphatic carbocycles. The van der Waals surface area contributed by atoms with Crippen LogP contribution in [0.3, 0.4) is 0 Å². The van der Waals surface area contributed by atoms with E-state index in [4.69, 9.17) is 5.11 Å². The number of alkyl halides is 3. The molecular formula is C12H20F3NO6S. The second kappa shape index (κ2) is 8.48. The summed E-state index contributed by atoms with van der Waals surface area (Å²) >= 11 is 0. The van der Waals surface area contributed by atoms with E-state index in [1.54, 1.807) is 13.8 Å². The Morgan fingerprint density at radius 2 is 1.78 bits per heavy atom. The summed E-state index contributed by atoms with van der Waals surface area (Å²) in [6.07, 6.45) is -6.89. The monoisotopic (exact) mass is 363 g/mol. The van der Waals surface area contributed by atoms with E-state index < -0.39 is 45.9 Å². The minimum Gasteiger partial charge on any atom is -0.480 e. The maximum atomic E-state index is 13.0. The van der Waals surface area contributed by atoms with Crippen LogP contribution < -0.4 is 4.72 Å². The van der Waals surface area contributed by atoms with Crippen LogP contribution in [0.5, 0.6) is 0 Å². The number of rotatable bonds is 9. The molecule has 23 heavy (non-hydrogen) atoms. The first-order valence-electron chi connectivity index (χ1n) is 6.77. The van der Waals surface area contributed by atoms with Gasteiger partial charge in [-0.3, -0.25) is 9.59 Å². The van der Waals surface area contributed by atoms with Gasteiger partial charge in [0.2, 0.25) is 10.0 Å². The van der Waals surface area contributed by atoms with Crippen molar-refractivity contribution in [3.05, 3.63) is 0 Å². The molecule has 7 nitrogen and oxygen atoms in total. The quantitative estimate of drug-likeness (QED) is 0.598. The Morgan fingerprint density at radius 3 is 2.13 bits per heavy atom. The summed E-state index contributed by atoms with van der Waals surface area (Å²) in [7, 11) is -5.14. The molecular weight excluding hydrogens is 343 g/mol. The second-order valence-corrected chi connectivity index (χ2v) is 7.12. The maximum Gasteiger partial charge on any atom is 0.407 e. The van der Waals surface area contributed by atoms with Gasteiger partial charge in [0.25, 0.3) is 0 Å². The van der Waals surface area contributed by atoms with Gasteiger partial charge < -0.3 is 9.84 Å². The lowest BCUT2D eigenvalue weighted by atomic mass is 10.1. The summed E-state index contributed by atoms with van der Waals surface area (Å²) in [5, 5.41) is 5.86. The number of hydrogen-bond acceptors (Lipinski definition) is 5. The number of carbonyl (C=O) groups is 2. The lowest BCUT2D eigenvalue weighted by molar-refractivity contribution is -0.155. The molecule has 0 aromatic carbocycles. The van der Waals surface area contributed by atoms with Crippen LogP contribution in [0.4, 0.5) is 13.2 Å². The Labute approximate surface area is 132 Å². The van der Waals surface area contributed by atoms with Crippen molar-refractivity contribution in [2.45, 2.75) is 51.1 Å². The van der Waals surface area contributed by atoms with E-state index in [1.807, 2.05) is 0 Å². The van der Waals surface area contributed by atoms with Crippen LogP contribution in [-0.4, -0.2) is 49.5 Å². The van der Waals surface area contributed by atoms with E-state index in [1.165, 1.54) is 11.6 Å². The molecule has 136 valence electrons. The van der Waals surface area contributed by atoms with Crippen LogP contribution >= 0.6 is 0 Å². The second-order valence-electron chi connectivity index (χ2n) is 5.22. The highest BCUT2D eigenvalue weighted by atomic mass is 32.2. The Morgan fingerprint density at radius 1 is 1.26 bits per heavy atom. The standard InChI is InChI=1S/C12H20F3NO6S/c1-4-22-10(17)6-9(12(13,14)15)23(20,21)16-8(11(18)19)5-7(2)3/h7-9,16H,4-6H2,1-3H3,(H,18,19)/t8-,9?/m0/s1. The number of hydrogen-bond donors (Lipinski definition) is 2. The third kappa shape index (κ3) is 7.64. The average molecular weight is 363 g/mol. The molecule has 0 heterocycles. The van der Waals surface area contributed by atoms with Crippen LogP contribution in [0.1, 0.15) is 33.6 Å². The maximum absolute atomic E-state index is 13.0. The van der Waals surface area contributed by atoms with Gasteiger partial charge in [-0.1, -0.05) is 13.8 Å². The molecule has 2 atom stereocenters. The first-order valence-corrected chi connectivity index (χ1v) is 8.32. The van der Waals surface area contributed by atoms with Gasteiger partial charge in [0, 0.05) is 0 Å². The molecule has 0 fully saturated rings. The summed E-state index contributed by atoms with van der Waals surface area (Å²) in [4.78, 5) is 22.2. The van der Waals surface area contributed by atoms with E-state index in [0.717, 1.165) is 0 Å². The summed E-state index contributed by atoms with van der Waals surface area (Å²) in [6.45, 7) is 4.33. The predicted molar refractivity (Wildman–Crippen MR) is 74.0 cm³/mol. The number of esters is 1. The lowest BCUT2D eigenvalue weighted by Crippen LogP contribution is -2.50. The van der Waals surface area contributed by atoms with Crippen molar-refractivity contribution in [1.82, 2.24) is 4.72 Å². The predicted octanol–water partition coefficient (Wildman–Crippen LogP) is 1.29. The third-order valence-corrected chi connectivity index (χ3v) is 4.50. The topological polar surface area (TPSA) is 110 Å². The largest absolute Gasteiger partial charge is 0.480 e. The van der Waals surface area contributed by atoms with Crippen molar-refractivity contribution in [3.8, 4) is 0 Å². The number of carbonyl (C=O) groups excluding carboxylic acids is 1. The van der Waals surface area contributed by atoms with E-state index in [-0.39, 0.29) is 18.9 Å². The number of sulfonamides is 1. The fourth-order valence-corrected chi connectivity index (χ4v) is 3.19. The highest BCUT2D eigenvalue weighted by molar-refractivity contribution is 7.90. The zero-order valence-corrected chi connectivity index (χ0v) is 13.7. The number of carboxylic acid groups (broad SMARTS) is 1. The lowest BCUT2D eigenvalue weighted by Gasteiger charge is -2.23. The van der Waals surface area contributed by atoms with Crippen LogP contribution in [0.25, 0.3) is 0 Å². The zero-order valence-electron chi connectivity index (χ0n) is 12.9. The molecule has 0 spiro atoms. The number of carboxylic acids is 1. The van der Waals surface area contributed by atoms with E-state index >= 15 is 0 Å². The van der Waals surface area contributed by atoms with Crippen molar-refractivity contribution in [3.63, 3.8) is 0 Å². The van der Waals surface area contributed by atoms with Crippen molar-refractivity contribution in [2.24, 2.45) is 5.92 Å². The molecule has 0 saturated heterocycles. The van der Waals surface area contributed by atoms with Gasteiger partial charge in [0.05, 0.1) is 13.0 Å². The van der Waals surface area contributed by atoms with Gasteiger partial charge in [-0.15, -0.1) is 0 Å². The van der Waals surface area contributed by atoms with E-state index in [9.17, 15) is 31.2 Å². The van der Waals surface area contributed by atoms with Crippen LogP contribution in [-0.2, 0) is 24.3 Å². The highest BCUT2D eigenvalue weighted by Crippen LogP contribution is 2.29. The van der Waals surface area contributed by atoms with E-state index in [2.05, 4.69) is 4.74 Å². The molecule has 0 bridgehead atoms. The number of halogens is 3.